The predicted molar refractivity (Wildman–Crippen MR) is 73.4 cm³/mol. The molecule has 0 radical (unpaired) electrons. The van der Waals surface area contributed by atoms with Crippen LogP contribution in [0.1, 0.15) is 33.9 Å². The molecular formula is C15H18N2O. The summed E-state index contributed by atoms with van der Waals surface area (Å²) in [5.74, 6) is 0.394. The summed E-state index contributed by atoms with van der Waals surface area (Å²) in [7, 11) is 0. The Morgan fingerprint density at radius 1 is 1.00 bits per heavy atom. The molecule has 3 N–H and O–H groups in total. The highest BCUT2D eigenvalue weighted by Gasteiger charge is 2.19. The largest absolute Gasteiger partial charge is 0.383 e. The third-order valence-electron chi connectivity index (χ3n) is 3.33. The van der Waals surface area contributed by atoms with Crippen molar-refractivity contribution in [3.63, 3.8) is 0 Å². The number of nitrogens with zero attached hydrogens (tertiary/aromatic N) is 1. The Morgan fingerprint density at radius 3 is 2.11 bits per heavy atom. The fourth-order valence-corrected chi connectivity index (χ4v) is 2.35. The molecule has 0 bridgehead atoms. The minimum absolute atomic E-state index is 0.394. The monoisotopic (exact) mass is 242 g/mol. The van der Waals surface area contributed by atoms with Crippen LogP contribution in [0.2, 0.25) is 0 Å². The van der Waals surface area contributed by atoms with Crippen LogP contribution >= 0.6 is 0 Å². The predicted octanol–water partition coefficient (Wildman–Crippen LogP) is 2.67. The molecule has 0 aliphatic heterocycles. The zero-order valence-corrected chi connectivity index (χ0v) is 10.9. The third-order valence-corrected chi connectivity index (χ3v) is 3.33. The van der Waals surface area contributed by atoms with E-state index < -0.39 is 6.10 Å². The van der Waals surface area contributed by atoms with Crippen molar-refractivity contribution in [2.75, 3.05) is 5.73 Å². The summed E-state index contributed by atoms with van der Waals surface area (Å²) in [4.78, 5) is 4.06. The van der Waals surface area contributed by atoms with Gasteiger partial charge in [-0.05, 0) is 49.1 Å². The summed E-state index contributed by atoms with van der Waals surface area (Å²) in [6, 6.07) is 7.84. The minimum atomic E-state index is -0.722. The van der Waals surface area contributed by atoms with Gasteiger partial charge in [-0.1, -0.05) is 18.2 Å². The van der Waals surface area contributed by atoms with Gasteiger partial charge in [0, 0.05) is 11.8 Å². The maximum absolute atomic E-state index is 10.6. The molecule has 0 saturated heterocycles. The molecule has 1 heterocycles. The van der Waals surface area contributed by atoms with Crippen LogP contribution in [0.25, 0.3) is 0 Å². The van der Waals surface area contributed by atoms with Crippen LogP contribution < -0.4 is 5.73 Å². The lowest BCUT2D eigenvalue weighted by Gasteiger charge is -2.19. The number of nitrogen functional groups attached to an aromatic ring is 1. The minimum Gasteiger partial charge on any atom is -0.383 e. The van der Waals surface area contributed by atoms with Crippen LogP contribution in [0.15, 0.2) is 30.5 Å². The summed E-state index contributed by atoms with van der Waals surface area (Å²) in [5, 5.41) is 10.6. The van der Waals surface area contributed by atoms with Crippen molar-refractivity contribution in [3.8, 4) is 0 Å². The molecule has 0 amide bonds. The molecule has 2 rings (SSSR count). The van der Waals surface area contributed by atoms with Crippen LogP contribution in [0.4, 0.5) is 5.82 Å². The van der Waals surface area contributed by atoms with E-state index in [2.05, 4.69) is 4.98 Å². The van der Waals surface area contributed by atoms with E-state index in [9.17, 15) is 5.11 Å². The van der Waals surface area contributed by atoms with E-state index >= 15 is 0 Å². The van der Waals surface area contributed by atoms with Gasteiger partial charge in [0.15, 0.2) is 0 Å². The van der Waals surface area contributed by atoms with Crippen LogP contribution in [-0.4, -0.2) is 10.1 Å². The number of hydrogen-bond donors (Lipinski definition) is 2. The average Bonchev–Trinajstić information content (AvgIpc) is 2.28. The van der Waals surface area contributed by atoms with Gasteiger partial charge in [-0.3, -0.25) is 0 Å². The topological polar surface area (TPSA) is 59.1 Å². The van der Waals surface area contributed by atoms with Crippen molar-refractivity contribution in [2.24, 2.45) is 0 Å². The number of anilines is 1. The first-order chi connectivity index (χ1) is 8.52. The van der Waals surface area contributed by atoms with Gasteiger partial charge < -0.3 is 10.8 Å². The van der Waals surface area contributed by atoms with Gasteiger partial charge >= 0.3 is 0 Å². The SMILES string of the molecule is Cc1cccc(C)c1C(O)c1c(C)ccnc1N. The molecule has 0 aliphatic carbocycles. The average molecular weight is 242 g/mol. The lowest BCUT2D eigenvalue weighted by Crippen LogP contribution is -2.10. The van der Waals surface area contributed by atoms with Gasteiger partial charge in [0.05, 0.1) is 0 Å². The summed E-state index contributed by atoms with van der Waals surface area (Å²) in [6.45, 7) is 5.92. The number of aryl methyl sites for hydroxylation is 3. The molecule has 0 saturated carbocycles. The molecular weight excluding hydrogens is 224 g/mol. The smallest absolute Gasteiger partial charge is 0.129 e. The number of aliphatic hydroxyl groups is 1. The van der Waals surface area contributed by atoms with E-state index in [1.807, 2.05) is 45.0 Å². The van der Waals surface area contributed by atoms with Crippen molar-refractivity contribution in [2.45, 2.75) is 26.9 Å². The number of aliphatic hydroxyl groups excluding tert-OH is 1. The normalized spacial score (nSPS) is 12.4. The van der Waals surface area contributed by atoms with Crippen molar-refractivity contribution < 1.29 is 5.11 Å². The zero-order chi connectivity index (χ0) is 13.3. The van der Waals surface area contributed by atoms with E-state index in [0.29, 0.717) is 11.4 Å². The first-order valence-electron chi connectivity index (χ1n) is 5.97. The van der Waals surface area contributed by atoms with E-state index in [1.165, 1.54) is 0 Å². The highest BCUT2D eigenvalue weighted by atomic mass is 16.3. The maximum Gasteiger partial charge on any atom is 0.129 e. The number of benzene rings is 1. The second kappa shape index (κ2) is 4.78. The van der Waals surface area contributed by atoms with Gasteiger partial charge in [0.2, 0.25) is 0 Å². The number of hydrogen-bond acceptors (Lipinski definition) is 3. The first-order valence-corrected chi connectivity index (χ1v) is 5.97. The van der Waals surface area contributed by atoms with Crippen LogP contribution in [-0.2, 0) is 0 Å². The van der Waals surface area contributed by atoms with E-state index in [1.54, 1.807) is 6.20 Å². The fourth-order valence-electron chi connectivity index (χ4n) is 2.35. The highest BCUT2D eigenvalue weighted by Crippen LogP contribution is 2.31. The van der Waals surface area contributed by atoms with E-state index in [4.69, 9.17) is 5.73 Å². The number of pyridine rings is 1. The van der Waals surface area contributed by atoms with Crippen molar-refractivity contribution in [1.82, 2.24) is 4.98 Å². The Kier molecular flexibility index (Phi) is 3.34. The van der Waals surface area contributed by atoms with Crippen LogP contribution in [0.5, 0.6) is 0 Å². The summed E-state index contributed by atoms with van der Waals surface area (Å²) in [6.07, 6.45) is 0.936. The van der Waals surface area contributed by atoms with Gasteiger partial charge in [-0.25, -0.2) is 4.98 Å². The quantitative estimate of drug-likeness (QED) is 0.851. The fraction of sp³-hybridized carbons (Fsp3) is 0.267. The molecule has 3 heteroatoms. The second-order valence-electron chi connectivity index (χ2n) is 4.63. The molecule has 1 aromatic carbocycles. The Labute approximate surface area is 107 Å². The highest BCUT2D eigenvalue weighted by molar-refractivity contribution is 5.51. The maximum atomic E-state index is 10.6. The van der Waals surface area contributed by atoms with Gasteiger partial charge in [0.25, 0.3) is 0 Å². The van der Waals surface area contributed by atoms with Crippen molar-refractivity contribution >= 4 is 5.82 Å². The summed E-state index contributed by atoms with van der Waals surface area (Å²) in [5.41, 5.74) is 10.6. The second-order valence-corrected chi connectivity index (χ2v) is 4.63. The molecule has 18 heavy (non-hydrogen) atoms. The Hall–Kier alpha value is -1.87. The summed E-state index contributed by atoms with van der Waals surface area (Å²) < 4.78 is 0. The number of rotatable bonds is 2. The van der Waals surface area contributed by atoms with Crippen molar-refractivity contribution in [3.05, 3.63) is 58.3 Å². The lowest BCUT2D eigenvalue weighted by atomic mass is 9.92. The standard InChI is InChI=1S/C15H18N2O/c1-9-5-4-6-10(2)12(9)14(18)13-11(3)7-8-17-15(13)16/h4-8,14,18H,1-3H3,(H2,16,17). The van der Waals surface area contributed by atoms with Crippen LogP contribution in [0.3, 0.4) is 0 Å². The zero-order valence-electron chi connectivity index (χ0n) is 10.9. The van der Waals surface area contributed by atoms with E-state index in [0.717, 1.165) is 22.3 Å². The first kappa shape index (κ1) is 12.6. The Balaban J connectivity index is 2.58. The van der Waals surface area contributed by atoms with Gasteiger partial charge in [-0.15, -0.1) is 0 Å². The molecule has 2 aromatic rings. The van der Waals surface area contributed by atoms with Crippen molar-refractivity contribution in [1.29, 1.82) is 0 Å². The number of aromatic nitrogens is 1. The van der Waals surface area contributed by atoms with Crippen LogP contribution in [0, 0.1) is 20.8 Å². The Morgan fingerprint density at radius 2 is 1.56 bits per heavy atom. The molecule has 1 atom stereocenters. The molecule has 0 fully saturated rings. The molecule has 1 unspecified atom stereocenters. The lowest BCUT2D eigenvalue weighted by molar-refractivity contribution is 0.218. The molecule has 94 valence electrons. The van der Waals surface area contributed by atoms with Gasteiger partial charge in [0.1, 0.15) is 11.9 Å². The van der Waals surface area contributed by atoms with E-state index in [-0.39, 0.29) is 0 Å². The molecule has 3 nitrogen and oxygen atoms in total. The number of nitrogens with two attached hydrogens (primary N) is 1. The van der Waals surface area contributed by atoms with Gasteiger partial charge in [-0.2, -0.15) is 0 Å². The molecule has 1 aromatic heterocycles. The summed E-state index contributed by atoms with van der Waals surface area (Å²) >= 11 is 0. The Bertz CT molecular complexity index is 487. The third kappa shape index (κ3) is 2.09. The molecule has 0 spiro atoms. The molecule has 0 aliphatic rings.